The number of ether oxygens (including phenoxy) is 3. The minimum atomic E-state index is -1.27. The smallest absolute Gasteiger partial charge is 0.376 e. The fourth-order valence-electron chi connectivity index (χ4n) is 0.786. The number of rotatable bonds is 5. The second kappa shape index (κ2) is 6.48. The molecular formula is C11H20O5. The largest absolute Gasteiger partial charge is 0.461 e. The molecule has 16 heavy (non-hydrogen) atoms. The summed E-state index contributed by atoms with van der Waals surface area (Å²) in [6.07, 6.45) is -1.27. The minimum Gasteiger partial charge on any atom is -0.461 e. The SMILES string of the molecule is CCOC(=O)C(OCC)OC(=O)C(C)(C)C. The maximum absolute atomic E-state index is 11.5. The van der Waals surface area contributed by atoms with E-state index in [1.165, 1.54) is 0 Å². The van der Waals surface area contributed by atoms with Crippen molar-refractivity contribution >= 4 is 11.9 Å². The molecule has 0 aliphatic rings. The van der Waals surface area contributed by atoms with E-state index in [2.05, 4.69) is 0 Å². The van der Waals surface area contributed by atoms with E-state index < -0.39 is 23.6 Å². The fraction of sp³-hybridized carbons (Fsp3) is 0.818. The van der Waals surface area contributed by atoms with Gasteiger partial charge in [-0.1, -0.05) is 0 Å². The molecule has 5 heteroatoms. The van der Waals surface area contributed by atoms with Crippen LogP contribution in [0.4, 0.5) is 0 Å². The van der Waals surface area contributed by atoms with Crippen molar-refractivity contribution in [2.75, 3.05) is 13.2 Å². The molecule has 0 aromatic rings. The second-order valence-electron chi connectivity index (χ2n) is 4.19. The second-order valence-corrected chi connectivity index (χ2v) is 4.19. The Kier molecular flexibility index (Phi) is 6.03. The Morgan fingerprint density at radius 2 is 1.69 bits per heavy atom. The van der Waals surface area contributed by atoms with Crippen molar-refractivity contribution < 1.29 is 23.8 Å². The van der Waals surface area contributed by atoms with Crippen LogP contribution in [-0.4, -0.2) is 31.4 Å². The highest BCUT2D eigenvalue weighted by atomic mass is 16.7. The Labute approximate surface area is 96.1 Å². The van der Waals surface area contributed by atoms with Gasteiger partial charge in [0.2, 0.25) is 0 Å². The van der Waals surface area contributed by atoms with Crippen molar-refractivity contribution in [3.63, 3.8) is 0 Å². The lowest BCUT2D eigenvalue weighted by Crippen LogP contribution is -2.36. The van der Waals surface area contributed by atoms with E-state index in [0.717, 1.165) is 0 Å². The maximum Gasteiger partial charge on any atom is 0.376 e. The first kappa shape index (κ1) is 14.9. The summed E-state index contributed by atoms with van der Waals surface area (Å²) < 4.78 is 14.7. The first-order valence-corrected chi connectivity index (χ1v) is 5.32. The Hall–Kier alpha value is -1.10. The highest BCUT2D eigenvalue weighted by Gasteiger charge is 2.31. The predicted molar refractivity (Wildman–Crippen MR) is 57.6 cm³/mol. The number of hydrogen-bond donors (Lipinski definition) is 0. The van der Waals surface area contributed by atoms with Crippen LogP contribution in [0.5, 0.6) is 0 Å². The fourth-order valence-corrected chi connectivity index (χ4v) is 0.786. The Balaban J connectivity index is 4.45. The zero-order valence-electron chi connectivity index (χ0n) is 10.5. The molecule has 0 aromatic carbocycles. The van der Waals surface area contributed by atoms with Gasteiger partial charge < -0.3 is 14.2 Å². The maximum atomic E-state index is 11.5. The summed E-state index contributed by atoms with van der Waals surface area (Å²) in [5, 5.41) is 0. The van der Waals surface area contributed by atoms with Crippen LogP contribution in [0.15, 0.2) is 0 Å². The highest BCUT2D eigenvalue weighted by Crippen LogP contribution is 2.17. The van der Waals surface area contributed by atoms with E-state index >= 15 is 0 Å². The lowest BCUT2D eigenvalue weighted by Gasteiger charge is -2.21. The van der Waals surface area contributed by atoms with E-state index in [9.17, 15) is 9.59 Å². The number of carbonyl (C=O) groups excluding carboxylic acids is 2. The molecule has 0 bridgehead atoms. The average molecular weight is 232 g/mol. The molecule has 5 nitrogen and oxygen atoms in total. The van der Waals surface area contributed by atoms with Gasteiger partial charge >= 0.3 is 18.2 Å². The first-order valence-electron chi connectivity index (χ1n) is 5.32. The zero-order valence-corrected chi connectivity index (χ0v) is 10.5. The molecule has 1 atom stereocenters. The van der Waals surface area contributed by atoms with Gasteiger partial charge in [0.1, 0.15) is 0 Å². The van der Waals surface area contributed by atoms with Crippen molar-refractivity contribution in [2.45, 2.75) is 40.9 Å². The predicted octanol–water partition coefficient (Wildman–Crippen LogP) is 1.50. The highest BCUT2D eigenvalue weighted by molar-refractivity contribution is 5.80. The molecule has 0 rings (SSSR count). The van der Waals surface area contributed by atoms with E-state index in [1.54, 1.807) is 34.6 Å². The molecule has 0 aliphatic carbocycles. The summed E-state index contributed by atoms with van der Waals surface area (Å²) in [6.45, 7) is 8.95. The van der Waals surface area contributed by atoms with Crippen LogP contribution in [0.25, 0.3) is 0 Å². The van der Waals surface area contributed by atoms with E-state index in [4.69, 9.17) is 14.2 Å². The summed E-state index contributed by atoms with van der Waals surface area (Å²) in [5.41, 5.74) is -0.679. The summed E-state index contributed by atoms with van der Waals surface area (Å²) >= 11 is 0. The average Bonchev–Trinajstić information content (AvgIpc) is 2.15. The molecule has 0 aliphatic heterocycles. The van der Waals surface area contributed by atoms with Crippen LogP contribution < -0.4 is 0 Å². The van der Waals surface area contributed by atoms with Crippen LogP contribution in [0.1, 0.15) is 34.6 Å². The Morgan fingerprint density at radius 1 is 1.12 bits per heavy atom. The molecule has 0 heterocycles. The van der Waals surface area contributed by atoms with Gasteiger partial charge in [-0.3, -0.25) is 4.79 Å². The van der Waals surface area contributed by atoms with Gasteiger partial charge in [-0.2, -0.15) is 0 Å². The van der Waals surface area contributed by atoms with Gasteiger partial charge in [-0.25, -0.2) is 4.79 Å². The van der Waals surface area contributed by atoms with Crippen LogP contribution in [0, 0.1) is 5.41 Å². The van der Waals surface area contributed by atoms with Crippen LogP contribution in [-0.2, 0) is 23.8 Å². The molecule has 0 saturated heterocycles. The Morgan fingerprint density at radius 3 is 2.06 bits per heavy atom. The number of carbonyl (C=O) groups is 2. The molecule has 94 valence electrons. The lowest BCUT2D eigenvalue weighted by molar-refractivity contribution is -0.204. The molecule has 0 saturated carbocycles. The van der Waals surface area contributed by atoms with Crippen molar-refractivity contribution in [3.8, 4) is 0 Å². The van der Waals surface area contributed by atoms with Crippen molar-refractivity contribution in [3.05, 3.63) is 0 Å². The third kappa shape index (κ3) is 5.11. The van der Waals surface area contributed by atoms with Crippen molar-refractivity contribution in [1.29, 1.82) is 0 Å². The van der Waals surface area contributed by atoms with Crippen molar-refractivity contribution in [1.82, 2.24) is 0 Å². The zero-order chi connectivity index (χ0) is 12.8. The lowest BCUT2D eigenvalue weighted by atomic mass is 9.97. The first-order chi connectivity index (χ1) is 7.32. The topological polar surface area (TPSA) is 61.8 Å². The molecule has 0 amide bonds. The van der Waals surface area contributed by atoms with Gasteiger partial charge in [0.25, 0.3) is 0 Å². The monoisotopic (exact) mass is 232 g/mol. The number of esters is 2. The summed E-state index contributed by atoms with van der Waals surface area (Å²) in [6, 6.07) is 0. The van der Waals surface area contributed by atoms with Crippen LogP contribution >= 0.6 is 0 Å². The normalized spacial score (nSPS) is 13.1. The molecule has 0 fully saturated rings. The summed E-state index contributed by atoms with van der Waals surface area (Å²) in [7, 11) is 0. The third-order valence-electron chi connectivity index (χ3n) is 1.62. The number of hydrogen-bond acceptors (Lipinski definition) is 5. The molecule has 1 unspecified atom stereocenters. The quantitative estimate of drug-likeness (QED) is 0.531. The van der Waals surface area contributed by atoms with Gasteiger partial charge in [-0.05, 0) is 34.6 Å². The van der Waals surface area contributed by atoms with Crippen molar-refractivity contribution in [2.24, 2.45) is 5.41 Å². The molecule has 0 aromatic heterocycles. The van der Waals surface area contributed by atoms with E-state index in [1.807, 2.05) is 0 Å². The Bertz CT molecular complexity index is 241. The third-order valence-corrected chi connectivity index (χ3v) is 1.62. The summed E-state index contributed by atoms with van der Waals surface area (Å²) in [4.78, 5) is 22.9. The van der Waals surface area contributed by atoms with E-state index in [-0.39, 0.29) is 13.2 Å². The molecule has 0 spiro atoms. The van der Waals surface area contributed by atoms with Gasteiger partial charge in [0.05, 0.1) is 12.0 Å². The molecule has 0 N–H and O–H groups in total. The minimum absolute atomic E-state index is 0.218. The van der Waals surface area contributed by atoms with Crippen LogP contribution in [0.2, 0.25) is 0 Å². The van der Waals surface area contributed by atoms with Crippen LogP contribution in [0.3, 0.4) is 0 Å². The van der Waals surface area contributed by atoms with Gasteiger partial charge in [0.15, 0.2) is 0 Å². The molecule has 0 radical (unpaired) electrons. The summed E-state index contributed by atoms with van der Waals surface area (Å²) in [5.74, 6) is -1.18. The standard InChI is InChI=1S/C11H20O5/c1-6-14-8(12)9(15-7-2)16-10(13)11(3,4)5/h9H,6-7H2,1-5H3. The molecular weight excluding hydrogens is 212 g/mol. The van der Waals surface area contributed by atoms with E-state index in [0.29, 0.717) is 0 Å². The van der Waals surface area contributed by atoms with Gasteiger partial charge in [0, 0.05) is 6.61 Å². The van der Waals surface area contributed by atoms with Gasteiger partial charge in [-0.15, -0.1) is 0 Å².